The number of rotatable bonds is 5. The van der Waals surface area contributed by atoms with E-state index in [1.165, 1.54) is 43.8 Å². The minimum Gasteiger partial charge on any atom is -0.320 e. The SMILES string of the molecule is C=C(C#N)/C=C\C1=C(C)N2C(=N[C@H]3C=CC=CC32)c2ccc(-c3ccc4c(-c5ccccc5)c5ccccc5c(-c5ccccc5)c4c3)cc21. The molecule has 1 unspecified atom stereocenters. The van der Waals surface area contributed by atoms with Crippen molar-refractivity contribution in [3.63, 3.8) is 0 Å². The third-order valence-electron chi connectivity index (χ3n) is 10.3. The Morgan fingerprint density at radius 3 is 1.98 bits per heavy atom. The van der Waals surface area contributed by atoms with Crippen LogP contribution >= 0.6 is 0 Å². The largest absolute Gasteiger partial charge is 0.320 e. The lowest BCUT2D eigenvalue weighted by Crippen LogP contribution is -2.40. The zero-order chi connectivity index (χ0) is 33.8. The van der Waals surface area contributed by atoms with Crippen molar-refractivity contribution in [1.82, 2.24) is 4.90 Å². The lowest BCUT2D eigenvalue weighted by Gasteiger charge is -2.35. The van der Waals surface area contributed by atoms with Gasteiger partial charge in [0.25, 0.3) is 0 Å². The summed E-state index contributed by atoms with van der Waals surface area (Å²) in [6.45, 7) is 6.08. The van der Waals surface area contributed by atoms with Crippen LogP contribution in [0.2, 0.25) is 0 Å². The molecule has 3 aliphatic rings. The van der Waals surface area contributed by atoms with E-state index in [1.54, 1.807) is 0 Å². The summed E-state index contributed by atoms with van der Waals surface area (Å²) >= 11 is 0. The predicted octanol–water partition coefficient (Wildman–Crippen LogP) is 11.3. The van der Waals surface area contributed by atoms with Crippen molar-refractivity contribution in [3.8, 4) is 39.4 Å². The third kappa shape index (κ3) is 4.69. The lowest BCUT2D eigenvalue weighted by molar-refractivity contribution is 0.445. The van der Waals surface area contributed by atoms with Crippen LogP contribution in [0, 0.1) is 11.3 Å². The summed E-state index contributed by atoms with van der Waals surface area (Å²) in [5, 5.41) is 14.4. The Morgan fingerprint density at radius 1 is 0.680 bits per heavy atom. The van der Waals surface area contributed by atoms with E-state index in [0.29, 0.717) is 5.57 Å². The van der Waals surface area contributed by atoms with Gasteiger partial charge in [-0.15, -0.1) is 0 Å². The molecule has 2 atom stereocenters. The van der Waals surface area contributed by atoms with Crippen molar-refractivity contribution in [2.45, 2.75) is 19.0 Å². The number of nitriles is 1. The van der Waals surface area contributed by atoms with Crippen molar-refractivity contribution in [3.05, 3.63) is 187 Å². The quantitative estimate of drug-likeness (QED) is 0.107. The van der Waals surface area contributed by atoms with Crippen LogP contribution in [0.15, 0.2) is 181 Å². The molecule has 3 heteroatoms. The molecular formula is C47H33N3. The zero-order valence-electron chi connectivity index (χ0n) is 27.7. The van der Waals surface area contributed by atoms with Crippen LogP contribution in [0.25, 0.3) is 60.5 Å². The van der Waals surface area contributed by atoms with Crippen molar-refractivity contribution in [2.24, 2.45) is 4.99 Å². The minimum atomic E-state index is 0.0698. The number of allylic oxidation sites excluding steroid dienone is 7. The van der Waals surface area contributed by atoms with Crippen LogP contribution in [0.5, 0.6) is 0 Å². The average molecular weight is 640 g/mol. The summed E-state index contributed by atoms with van der Waals surface area (Å²) in [7, 11) is 0. The molecule has 3 nitrogen and oxygen atoms in total. The van der Waals surface area contributed by atoms with Gasteiger partial charge in [0.05, 0.1) is 18.2 Å². The van der Waals surface area contributed by atoms with Crippen molar-refractivity contribution >= 4 is 33.0 Å². The number of benzene rings is 6. The monoisotopic (exact) mass is 639 g/mol. The van der Waals surface area contributed by atoms with Gasteiger partial charge in [0, 0.05) is 22.4 Å². The van der Waals surface area contributed by atoms with E-state index in [9.17, 15) is 5.26 Å². The highest BCUT2D eigenvalue weighted by molar-refractivity contribution is 6.22. The molecule has 6 aromatic carbocycles. The highest BCUT2D eigenvalue weighted by Gasteiger charge is 2.40. The summed E-state index contributed by atoms with van der Waals surface area (Å²) in [4.78, 5) is 7.55. The number of hydrogen-bond donors (Lipinski definition) is 0. The van der Waals surface area contributed by atoms with E-state index in [4.69, 9.17) is 4.99 Å². The molecule has 0 saturated heterocycles. The molecule has 0 radical (unpaired) electrons. The van der Waals surface area contributed by atoms with Crippen LogP contribution in [-0.2, 0) is 0 Å². The van der Waals surface area contributed by atoms with Crippen molar-refractivity contribution in [1.29, 1.82) is 5.26 Å². The molecular weight excluding hydrogens is 607 g/mol. The van der Waals surface area contributed by atoms with Gasteiger partial charge in [-0.1, -0.05) is 146 Å². The lowest BCUT2D eigenvalue weighted by atomic mass is 9.84. The number of nitrogens with zero attached hydrogens (tertiary/aromatic N) is 3. The second-order valence-corrected chi connectivity index (χ2v) is 13.1. The second-order valence-electron chi connectivity index (χ2n) is 13.1. The van der Waals surface area contributed by atoms with E-state index in [0.717, 1.165) is 39.4 Å². The first-order valence-electron chi connectivity index (χ1n) is 17.0. The fourth-order valence-corrected chi connectivity index (χ4v) is 7.96. The van der Waals surface area contributed by atoms with Gasteiger partial charge in [0.1, 0.15) is 5.84 Å². The zero-order valence-corrected chi connectivity index (χ0v) is 27.7. The molecule has 0 fully saturated rings. The fourth-order valence-electron chi connectivity index (χ4n) is 7.96. The minimum absolute atomic E-state index is 0.0698. The van der Waals surface area contributed by atoms with E-state index < -0.39 is 0 Å². The van der Waals surface area contributed by atoms with Crippen LogP contribution in [-0.4, -0.2) is 22.8 Å². The Bertz CT molecular complexity index is 2580. The highest BCUT2D eigenvalue weighted by Crippen LogP contribution is 2.46. The third-order valence-corrected chi connectivity index (χ3v) is 10.3. The Morgan fingerprint density at radius 2 is 1.28 bits per heavy atom. The molecule has 0 spiro atoms. The van der Waals surface area contributed by atoms with Gasteiger partial charge in [0.2, 0.25) is 0 Å². The van der Waals surface area contributed by atoms with Crippen LogP contribution in [0.1, 0.15) is 18.1 Å². The Kier molecular flexibility index (Phi) is 7.04. The summed E-state index contributed by atoms with van der Waals surface area (Å²) in [5.41, 5.74) is 12.0. The molecule has 50 heavy (non-hydrogen) atoms. The normalized spacial score (nSPS) is 17.5. The first-order chi connectivity index (χ1) is 24.6. The second kappa shape index (κ2) is 11.9. The Balaban J connectivity index is 1.29. The van der Waals surface area contributed by atoms with Gasteiger partial charge in [-0.05, 0) is 85.6 Å². The molecule has 0 N–H and O–H groups in total. The topological polar surface area (TPSA) is 39.4 Å². The number of hydrogen-bond acceptors (Lipinski definition) is 3. The van der Waals surface area contributed by atoms with Crippen LogP contribution in [0.4, 0.5) is 0 Å². The van der Waals surface area contributed by atoms with Crippen LogP contribution < -0.4 is 0 Å². The molecule has 0 bridgehead atoms. The van der Waals surface area contributed by atoms with E-state index in [2.05, 4.69) is 170 Å². The maximum atomic E-state index is 9.51. The van der Waals surface area contributed by atoms with E-state index in [-0.39, 0.29) is 12.1 Å². The molecule has 6 aromatic rings. The van der Waals surface area contributed by atoms with Gasteiger partial charge in [-0.3, -0.25) is 4.99 Å². The highest BCUT2D eigenvalue weighted by atomic mass is 15.3. The van der Waals surface area contributed by atoms with Gasteiger partial charge in [0.15, 0.2) is 0 Å². The Labute approximate surface area is 292 Å². The standard InChI is InChI=1S/C47H33N3/c1-30(29-48)21-24-36-31(2)50-44-20-12-11-19-43(44)49-47(50)40-26-23-34(27-41(36)40)35-22-25-39-42(28-35)46(33-15-7-4-8-16-33)38-18-10-9-17-37(38)45(39)32-13-5-3-6-14-32/h3-28,43-44H,1H2,2H3/b24-21-/t43-,44?/m0/s1. The Hall–Kier alpha value is -6.50. The first-order valence-corrected chi connectivity index (χ1v) is 17.0. The molecule has 0 saturated carbocycles. The van der Waals surface area contributed by atoms with E-state index in [1.807, 2.05) is 12.2 Å². The van der Waals surface area contributed by atoms with Crippen molar-refractivity contribution in [2.75, 3.05) is 0 Å². The molecule has 2 heterocycles. The summed E-state index contributed by atoms with van der Waals surface area (Å²) in [5.74, 6) is 0.996. The van der Waals surface area contributed by atoms with Crippen LogP contribution in [0.3, 0.4) is 0 Å². The molecule has 0 aromatic heterocycles. The average Bonchev–Trinajstić information content (AvgIpc) is 3.57. The summed E-state index contributed by atoms with van der Waals surface area (Å²) in [6, 6.07) is 46.3. The maximum absolute atomic E-state index is 9.51. The maximum Gasteiger partial charge on any atom is 0.137 e. The summed E-state index contributed by atoms with van der Waals surface area (Å²) < 4.78 is 0. The first kappa shape index (κ1) is 29.6. The van der Waals surface area contributed by atoms with Gasteiger partial charge < -0.3 is 4.90 Å². The van der Waals surface area contributed by atoms with Gasteiger partial charge >= 0.3 is 0 Å². The molecule has 1 aliphatic carbocycles. The molecule has 2 aliphatic heterocycles. The molecule has 236 valence electrons. The van der Waals surface area contributed by atoms with E-state index >= 15 is 0 Å². The number of fused-ring (bicyclic) bond motifs is 7. The van der Waals surface area contributed by atoms with Gasteiger partial charge in [-0.25, -0.2) is 0 Å². The smallest absolute Gasteiger partial charge is 0.137 e. The fraction of sp³-hybridized carbons (Fsp3) is 0.0638. The molecule has 9 rings (SSSR count). The summed E-state index contributed by atoms with van der Waals surface area (Å²) in [6.07, 6.45) is 12.5. The number of amidine groups is 1. The molecule has 0 amide bonds. The predicted molar refractivity (Wildman–Crippen MR) is 208 cm³/mol. The van der Waals surface area contributed by atoms with Gasteiger partial charge in [-0.2, -0.15) is 5.26 Å². The van der Waals surface area contributed by atoms with Crippen molar-refractivity contribution < 1.29 is 0 Å². The number of aliphatic imine (C=N–C) groups is 1.